The highest BCUT2D eigenvalue weighted by Gasteiger charge is 2.00. The van der Waals surface area contributed by atoms with Crippen molar-refractivity contribution in [3.05, 3.63) is 47.7 Å². The molecule has 1 aromatic rings. The van der Waals surface area contributed by atoms with E-state index in [4.69, 9.17) is 5.26 Å². The Morgan fingerprint density at radius 1 is 1.33 bits per heavy atom. The molecule has 1 heterocycles. The Kier molecular flexibility index (Phi) is 2.80. The molecule has 0 amide bonds. The normalized spacial score (nSPS) is 13.9. The number of nitriles is 1. The van der Waals surface area contributed by atoms with E-state index >= 15 is 0 Å². The number of hydrazone groups is 1. The molecule has 0 aromatic heterocycles. The minimum absolute atomic E-state index is 0.691. The predicted octanol–water partition coefficient (Wildman–Crippen LogP) is 2.26. The molecular formula is C12H11N3. The first-order valence-electron chi connectivity index (χ1n) is 4.83. The molecule has 0 saturated carbocycles. The summed E-state index contributed by atoms with van der Waals surface area (Å²) in [7, 11) is 0. The van der Waals surface area contributed by atoms with Crippen LogP contribution in [-0.2, 0) is 6.54 Å². The first-order valence-corrected chi connectivity index (χ1v) is 4.83. The third-order valence-electron chi connectivity index (χ3n) is 2.18. The summed E-state index contributed by atoms with van der Waals surface area (Å²) in [5.41, 5.74) is 1.84. The van der Waals surface area contributed by atoms with Gasteiger partial charge in [0.15, 0.2) is 0 Å². The first-order chi connectivity index (χ1) is 7.38. The van der Waals surface area contributed by atoms with Gasteiger partial charge in [0.2, 0.25) is 0 Å². The second-order valence-corrected chi connectivity index (χ2v) is 3.32. The zero-order valence-corrected chi connectivity index (χ0v) is 8.30. The molecule has 0 radical (unpaired) electrons. The summed E-state index contributed by atoms with van der Waals surface area (Å²) in [4.78, 5) is 0. The molecule has 74 valence electrons. The quantitative estimate of drug-likeness (QED) is 0.729. The Balaban J connectivity index is 2.05. The van der Waals surface area contributed by atoms with Crippen molar-refractivity contribution < 1.29 is 0 Å². The van der Waals surface area contributed by atoms with E-state index in [2.05, 4.69) is 17.2 Å². The van der Waals surface area contributed by atoms with Gasteiger partial charge in [-0.15, -0.1) is 0 Å². The average molecular weight is 197 g/mol. The molecule has 1 aliphatic heterocycles. The lowest BCUT2D eigenvalue weighted by Gasteiger charge is -2.16. The van der Waals surface area contributed by atoms with Crippen molar-refractivity contribution in [1.29, 1.82) is 5.26 Å². The summed E-state index contributed by atoms with van der Waals surface area (Å²) >= 11 is 0. The molecule has 0 N–H and O–H groups in total. The van der Waals surface area contributed by atoms with Crippen molar-refractivity contribution in [2.24, 2.45) is 5.10 Å². The van der Waals surface area contributed by atoms with Crippen LogP contribution in [0.1, 0.15) is 17.5 Å². The Bertz CT molecular complexity index is 411. The van der Waals surface area contributed by atoms with Crippen LogP contribution in [0.3, 0.4) is 0 Å². The van der Waals surface area contributed by atoms with Crippen molar-refractivity contribution in [2.45, 2.75) is 13.0 Å². The number of hydrogen-bond donors (Lipinski definition) is 0. The van der Waals surface area contributed by atoms with Crippen molar-refractivity contribution in [2.75, 3.05) is 0 Å². The van der Waals surface area contributed by atoms with E-state index in [1.807, 2.05) is 41.7 Å². The van der Waals surface area contributed by atoms with Crippen LogP contribution in [0, 0.1) is 11.3 Å². The molecule has 2 rings (SSSR count). The maximum absolute atomic E-state index is 8.65. The molecule has 0 fully saturated rings. The van der Waals surface area contributed by atoms with Gasteiger partial charge in [0.1, 0.15) is 0 Å². The largest absolute Gasteiger partial charge is 0.269 e. The van der Waals surface area contributed by atoms with Gasteiger partial charge in [-0.25, -0.2) is 0 Å². The topological polar surface area (TPSA) is 39.4 Å². The van der Waals surface area contributed by atoms with Crippen LogP contribution in [0.5, 0.6) is 0 Å². The van der Waals surface area contributed by atoms with Crippen LogP contribution in [0.15, 0.2) is 41.6 Å². The fourth-order valence-electron chi connectivity index (χ4n) is 1.40. The van der Waals surface area contributed by atoms with Crippen LogP contribution >= 0.6 is 0 Å². The summed E-state index contributed by atoms with van der Waals surface area (Å²) in [5.74, 6) is 0. The number of rotatable bonds is 2. The van der Waals surface area contributed by atoms with Gasteiger partial charge in [-0.05, 0) is 17.7 Å². The van der Waals surface area contributed by atoms with Crippen molar-refractivity contribution >= 4 is 6.21 Å². The third-order valence-corrected chi connectivity index (χ3v) is 2.18. The fraction of sp³-hybridized carbons (Fsp3) is 0.167. The number of nitrogens with zero attached hydrogens (tertiary/aromatic N) is 3. The second kappa shape index (κ2) is 4.43. The highest BCUT2D eigenvalue weighted by atomic mass is 15.4. The highest BCUT2D eigenvalue weighted by molar-refractivity contribution is 5.60. The predicted molar refractivity (Wildman–Crippen MR) is 58.9 cm³/mol. The van der Waals surface area contributed by atoms with Gasteiger partial charge in [-0.1, -0.05) is 18.2 Å². The summed E-state index contributed by atoms with van der Waals surface area (Å²) in [6, 6.07) is 9.66. The molecule has 0 unspecified atom stereocenters. The van der Waals surface area contributed by atoms with Gasteiger partial charge >= 0.3 is 0 Å². The Morgan fingerprint density at radius 2 is 2.13 bits per heavy atom. The summed E-state index contributed by atoms with van der Waals surface area (Å²) in [6.45, 7) is 0.749. The lowest BCUT2D eigenvalue weighted by atomic mass is 10.1. The number of allylic oxidation sites excluding steroid dienone is 1. The smallest absolute Gasteiger partial charge is 0.0991 e. The van der Waals surface area contributed by atoms with Crippen molar-refractivity contribution in [3.63, 3.8) is 0 Å². The maximum Gasteiger partial charge on any atom is 0.0991 e. The third kappa shape index (κ3) is 2.44. The van der Waals surface area contributed by atoms with E-state index < -0.39 is 0 Å². The average Bonchev–Trinajstić information content (AvgIpc) is 2.31. The van der Waals surface area contributed by atoms with Crippen molar-refractivity contribution in [3.8, 4) is 6.07 Å². The molecule has 1 aliphatic rings. The molecule has 0 spiro atoms. The first kappa shape index (κ1) is 9.47. The lowest BCUT2D eigenvalue weighted by molar-refractivity contribution is 0.388. The standard InChI is InChI=1S/C12H11N3/c13-9-11-3-5-12(6-4-11)10-15-8-2-1-7-14-15/h2-8H,1,10H2. The molecule has 3 heteroatoms. The molecule has 0 saturated heterocycles. The second-order valence-electron chi connectivity index (χ2n) is 3.32. The van der Waals surface area contributed by atoms with E-state index in [-0.39, 0.29) is 0 Å². The highest BCUT2D eigenvalue weighted by Crippen LogP contribution is 2.09. The molecule has 1 aromatic carbocycles. The fourth-order valence-corrected chi connectivity index (χ4v) is 1.40. The monoisotopic (exact) mass is 197 g/mol. The molecule has 0 bridgehead atoms. The van der Waals surface area contributed by atoms with Crippen LogP contribution in [0.2, 0.25) is 0 Å². The van der Waals surface area contributed by atoms with Crippen LogP contribution < -0.4 is 0 Å². The summed E-state index contributed by atoms with van der Waals surface area (Å²) < 4.78 is 0. The Hall–Kier alpha value is -2.08. The molecule has 3 nitrogen and oxygen atoms in total. The summed E-state index contributed by atoms with van der Waals surface area (Å²) in [5, 5.41) is 14.8. The van der Waals surface area contributed by atoms with Gasteiger partial charge in [-0.3, -0.25) is 5.01 Å². The number of hydrogen-bond acceptors (Lipinski definition) is 3. The van der Waals surface area contributed by atoms with Gasteiger partial charge in [-0.2, -0.15) is 10.4 Å². The number of benzene rings is 1. The van der Waals surface area contributed by atoms with Gasteiger partial charge in [0, 0.05) is 18.8 Å². The van der Waals surface area contributed by atoms with Crippen LogP contribution in [0.25, 0.3) is 0 Å². The van der Waals surface area contributed by atoms with Gasteiger partial charge < -0.3 is 0 Å². The SMILES string of the molecule is N#Cc1ccc(CN2C=CCC=N2)cc1. The van der Waals surface area contributed by atoms with E-state index in [0.717, 1.165) is 18.5 Å². The molecule has 0 aliphatic carbocycles. The van der Waals surface area contributed by atoms with E-state index in [9.17, 15) is 0 Å². The van der Waals surface area contributed by atoms with E-state index in [1.165, 1.54) is 0 Å². The molecule has 0 atom stereocenters. The maximum atomic E-state index is 8.65. The minimum Gasteiger partial charge on any atom is -0.269 e. The lowest BCUT2D eigenvalue weighted by Crippen LogP contribution is -2.11. The molecule has 15 heavy (non-hydrogen) atoms. The van der Waals surface area contributed by atoms with Crippen LogP contribution in [-0.4, -0.2) is 11.2 Å². The van der Waals surface area contributed by atoms with E-state index in [1.54, 1.807) is 0 Å². The van der Waals surface area contributed by atoms with E-state index in [0.29, 0.717) is 5.56 Å². The van der Waals surface area contributed by atoms with Gasteiger partial charge in [0.25, 0.3) is 0 Å². The zero-order chi connectivity index (χ0) is 10.5. The molecular weight excluding hydrogens is 186 g/mol. The summed E-state index contributed by atoms with van der Waals surface area (Å²) in [6.07, 6.45) is 6.82. The van der Waals surface area contributed by atoms with Crippen LogP contribution in [0.4, 0.5) is 0 Å². The zero-order valence-electron chi connectivity index (χ0n) is 8.30. The van der Waals surface area contributed by atoms with Gasteiger partial charge in [0.05, 0.1) is 18.2 Å². The van der Waals surface area contributed by atoms with Crippen molar-refractivity contribution in [1.82, 2.24) is 5.01 Å². The Morgan fingerprint density at radius 3 is 2.73 bits per heavy atom. The Labute approximate surface area is 88.9 Å². The minimum atomic E-state index is 0.691.